The summed E-state index contributed by atoms with van der Waals surface area (Å²) in [4.78, 5) is 12.1. The second-order valence-corrected chi connectivity index (χ2v) is 8.00. The van der Waals surface area contributed by atoms with E-state index in [0.29, 0.717) is 22.5 Å². The van der Waals surface area contributed by atoms with Gasteiger partial charge in [0.15, 0.2) is 17.1 Å². The molecule has 0 bridgehead atoms. The number of nitrogens with zero attached hydrogens (tertiary/aromatic N) is 3. The Kier molecular flexibility index (Phi) is 7.17. The van der Waals surface area contributed by atoms with E-state index in [0.717, 1.165) is 16.9 Å². The fourth-order valence-corrected chi connectivity index (χ4v) is 3.75. The number of carbonyl (C=O) groups is 1. The number of hydrogen-bond donors (Lipinski definition) is 1. The van der Waals surface area contributed by atoms with Crippen molar-refractivity contribution in [1.82, 2.24) is 20.1 Å². The van der Waals surface area contributed by atoms with Crippen LogP contribution in [0.15, 0.2) is 53.7 Å². The molecule has 152 valence electrons. The first kappa shape index (κ1) is 21.2. The van der Waals surface area contributed by atoms with Crippen molar-refractivity contribution in [2.24, 2.45) is 7.05 Å². The first-order valence-electron chi connectivity index (χ1n) is 9.19. The van der Waals surface area contributed by atoms with Gasteiger partial charge in [-0.1, -0.05) is 53.7 Å². The SMILES string of the molecule is Cc1cc(Cl)ccc1OC(C)c1nnc(SCC(=O)NCc2ccccc2)n1C. The lowest BCUT2D eigenvalue weighted by atomic mass is 10.2. The number of ether oxygens (including phenoxy) is 1. The Morgan fingerprint density at radius 3 is 2.72 bits per heavy atom. The fraction of sp³-hybridized carbons (Fsp3) is 0.286. The first-order chi connectivity index (χ1) is 13.9. The van der Waals surface area contributed by atoms with Crippen LogP contribution in [-0.4, -0.2) is 26.4 Å². The second kappa shape index (κ2) is 9.80. The number of halogens is 1. The smallest absolute Gasteiger partial charge is 0.230 e. The van der Waals surface area contributed by atoms with Gasteiger partial charge in [-0.15, -0.1) is 10.2 Å². The zero-order valence-corrected chi connectivity index (χ0v) is 18.1. The number of benzene rings is 2. The average Bonchev–Trinajstić information content (AvgIpc) is 3.08. The molecule has 1 N–H and O–H groups in total. The predicted molar refractivity (Wildman–Crippen MR) is 115 cm³/mol. The highest BCUT2D eigenvalue weighted by atomic mass is 35.5. The Balaban J connectivity index is 1.55. The van der Waals surface area contributed by atoms with Gasteiger partial charge < -0.3 is 14.6 Å². The number of aryl methyl sites for hydroxylation is 1. The fourth-order valence-electron chi connectivity index (χ4n) is 2.77. The highest BCUT2D eigenvalue weighted by Gasteiger charge is 2.18. The molecule has 1 atom stereocenters. The third-order valence-corrected chi connectivity index (χ3v) is 5.59. The minimum atomic E-state index is -0.298. The van der Waals surface area contributed by atoms with E-state index in [4.69, 9.17) is 16.3 Å². The normalized spacial score (nSPS) is 11.9. The van der Waals surface area contributed by atoms with Gasteiger partial charge >= 0.3 is 0 Å². The molecule has 0 saturated heterocycles. The molecule has 0 radical (unpaired) electrons. The summed E-state index contributed by atoms with van der Waals surface area (Å²) in [5.74, 6) is 1.65. The third-order valence-electron chi connectivity index (χ3n) is 4.34. The van der Waals surface area contributed by atoms with Gasteiger partial charge in [0.25, 0.3) is 0 Å². The van der Waals surface area contributed by atoms with Crippen molar-refractivity contribution >= 4 is 29.3 Å². The molecule has 1 heterocycles. The molecule has 1 aromatic heterocycles. The second-order valence-electron chi connectivity index (χ2n) is 6.62. The molecule has 1 unspecified atom stereocenters. The molecule has 6 nitrogen and oxygen atoms in total. The predicted octanol–water partition coefficient (Wildman–Crippen LogP) is 4.33. The summed E-state index contributed by atoms with van der Waals surface area (Å²) in [6.07, 6.45) is -0.298. The van der Waals surface area contributed by atoms with Crippen LogP contribution in [0.5, 0.6) is 5.75 Å². The van der Waals surface area contributed by atoms with Crippen LogP contribution in [0.1, 0.15) is 30.0 Å². The Labute approximate surface area is 179 Å². The topological polar surface area (TPSA) is 69.0 Å². The molecule has 0 spiro atoms. The van der Waals surface area contributed by atoms with E-state index in [1.807, 2.05) is 67.9 Å². The van der Waals surface area contributed by atoms with Crippen LogP contribution in [0.25, 0.3) is 0 Å². The Morgan fingerprint density at radius 1 is 1.24 bits per heavy atom. The van der Waals surface area contributed by atoms with Gasteiger partial charge in [0.2, 0.25) is 5.91 Å². The van der Waals surface area contributed by atoms with E-state index in [-0.39, 0.29) is 17.8 Å². The number of carbonyl (C=O) groups excluding carboxylic acids is 1. The molecule has 0 aliphatic carbocycles. The standard InChI is InChI=1S/C21H23ClN4O2S/c1-14-11-17(22)9-10-18(14)28-15(2)20-24-25-21(26(20)3)29-13-19(27)23-12-16-7-5-4-6-8-16/h4-11,15H,12-13H2,1-3H3,(H,23,27). The summed E-state index contributed by atoms with van der Waals surface area (Å²) in [7, 11) is 1.87. The summed E-state index contributed by atoms with van der Waals surface area (Å²) in [5, 5.41) is 12.7. The van der Waals surface area contributed by atoms with Crippen LogP contribution in [-0.2, 0) is 18.4 Å². The zero-order chi connectivity index (χ0) is 20.8. The number of thioether (sulfide) groups is 1. The van der Waals surface area contributed by atoms with Gasteiger partial charge in [-0.3, -0.25) is 4.79 Å². The summed E-state index contributed by atoms with van der Waals surface area (Å²) in [6.45, 7) is 4.37. The lowest BCUT2D eigenvalue weighted by Gasteiger charge is -2.16. The monoisotopic (exact) mass is 430 g/mol. The Bertz CT molecular complexity index is 978. The van der Waals surface area contributed by atoms with Crippen molar-refractivity contribution in [2.75, 3.05) is 5.75 Å². The van der Waals surface area contributed by atoms with Crippen LogP contribution in [0.2, 0.25) is 5.02 Å². The van der Waals surface area contributed by atoms with Crippen LogP contribution in [0.3, 0.4) is 0 Å². The van der Waals surface area contributed by atoms with Crippen LogP contribution in [0, 0.1) is 6.92 Å². The van der Waals surface area contributed by atoms with Crippen molar-refractivity contribution < 1.29 is 9.53 Å². The van der Waals surface area contributed by atoms with Crippen molar-refractivity contribution in [2.45, 2.75) is 31.7 Å². The van der Waals surface area contributed by atoms with E-state index in [1.165, 1.54) is 11.8 Å². The van der Waals surface area contributed by atoms with E-state index >= 15 is 0 Å². The van der Waals surface area contributed by atoms with E-state index in [1.54, 1.807) is 6.07 Å². The summed E-state index contributed by atoms with van der Waals surface area (Å²) < 4.78 is 7.88. The quantitative estimate of drug-likeness (QED) is 0.539. The number of nitrogens with one attached hydrogen (secondary N) is 1. The van der Waals surface area contributed by atoms with Crippen LogP contribution in [0.4, 0.5) is 0 Å². The van der Waals surface area contributed by atoms with Gasteiger partial charge in [0.05, 0.1) is 5.75 Å². The van der Waals surface area contributed by atoms with Gasteiger partial charge in [0.1, 0.15) is 5.75 Å². The average molecular weight is 431 g/mol. The lowest BCUT2D eigenvalue weighted by molar-refractivity contribution is -0.118. The number of rotatable bonds is 8. The molecule has 29 heavy (non-hydrogen) atoms. The summed E-state index contributed by atoms with van der Waals surface area (Å²) in [5.41, 5.74) is 2.02. The molecular weight excluding hydrogens is 408 g/mol. The van der Waals surface area contributed by atoms with E-state index in [2.05, 4.69) is 15.5 Å². The maximum Gasteiger partial charge on any atom is 0.230 e. The molecule has 3 rings (SSSR count). The van der Waals surface area contributed by atoms with E-state index < -0.39 is 0 Å². The number of amides is 1. The summed E-state index contributed by atoms with van der Waals surface area (Å²) in [6, 6.07) is 15.3. The maximum atomic E-state index is 12.1. The van der Waals surface area contributed by atoms with Gasteiger partial charge in [-0.05, 0) is 43.2 Å². The number of hydrogen-bond acceptors (Lipinski definition) is 5. The van der Waals surface area contributed by atoms with Crippen LogP contribution < -0.4 is 10.1 Å². The minimum Gasteiger partial charge on any atom is -0.482 e. The molecule has 8 heteroatoms. The zero-order valence-electron chi connectivity index (χ0n) is 16.6. The first-order valence-corrected chi connectivity index (χ1v) is 10.6. The summed E-state index contributed by atoms with van der Waals surface area (Å²) >= 11 is 7.34. The van der Waals surface area contributed by atoms with Gasteiger partial charge in [-0.25, -0.2) is 0 Å². The van der Waals surface area contributed by atoms with Crippen LogP contribution >= 0.6 is 23.4 Å². The largest absolute Gasteiger partial charge is 0.482 e. The molecule has 0 aliphatic rings. The lowest BCUT2D eigenvalue weighted by Crippen LogP contribution is -2.24. The Morgan fingerprint density at radius 2 is 2.00 bits per heavy atom. The minimum absolute atomic E-state index is 0.0514. The third kappa shape index (κ3) is 5.74. The molecular formula is C21H23ClN4O2S. The molecule has 3 aromatic rings. The highest BCUT2D eigenvalue weighted by molar-refractivity contribution is 7.99. The highest BCUT2D eigenvalue weighted by Crippen LogP contribution is 2.27. The van der Waals surface area contributed by atoms with E-state index in [9.17, 15) is 4.79 Å². The van der Waals surface area contributed by atoms with Gasteiger partial charge in [0, 0.05) is 18.6 Å². The molecule has 2 aromatic carbocycles. The molecule has 0 fully saturated rings. The Hall–Kier alpha value is -2.51. The molecule has 0 aliphatic heterocycles. The van der Waals surface area contributed by atoms with Gasteiger partial charge in [-0.2, -0.15) is 0 Å². The number of aromatic nitrogens is 3. The van der Waals surface area contributed by atoms with Crippen molar-refractivity contribution in [3.8, 4) is 5.75 Å². The van der Waals surface area contributed by atoms with Crippen molar-refractivity contribution in [3.05, 3.63) is 70.5 Å². The molecule has 1 amide bonds. The maximum absolute atomic E-state index is 12.1. The van der Waals surface area contributed by atoms with Crippen molar-refractivity contribution in [1.29, 1.82) is 0 Å². The van der Waals surface area contributed by atoms with Crippen molar-refractivity contribution in [3.63, 3.8) is 0 Å². The molecule has 0 saturated carbocycles.